The number of carbonyl (C=O) groups excluding carboxylic acids is 2. The highest BCUT2D eigenvalue weighted by Gasteiger charge is 2.10. The number of urea groups is 1. The van der Waals surface area contributed by atoms with E-state index in [-0.39, 0.29) is 24.8 Å². The number of nitrogens with one attached hydrogen (secondary N) is 3. The first-order valence-electron chi connectivity index (χ1n) is 6.48. The van der Waals surface area contributed by atoms with E-state index < -0.39 is 12.0 Å². The molecule has 0 aromatic carbocycles. The molecular formula is C12H23N3O4. The van der Waals surface area contributed by atoms with Crippen LogP contribution in [0.1, 0.15) is 33.1 Å². The number of amides is 3. The summed E-state index contributed by atoms with van der Waals surface area (Å²) in [6.07, 6.45) is 1.69. The minimum atomic E-state index is -0.961. The van der Waals surface area contributed by atoms with Gasteiger partial charge in [-0.1, -0.05) is 20.3 Å². The van der Waals surface area contributed by atoms with Crippen molar-refractivity contribution in [1.29, 1.82) is 0 Å². The fourth-order valence-corrected chi connectivity index (χ4v) is 1.45. The van der Waals surface area contributed by atoms with E-state index >= 15 is 0 Å². The zero-order valence-corrected chi connectivity index (χ0v) is 11.5. The fourth-order valence-electron chi connectivity index (χ4n) is 1.45. The predicted molar refractivity (Wildman–Crippen MR) is 70.7 cm³/mol. The van der Waals surface area contributed by atoms with Crippen LogP contribution in [-0.4, -0.2) is 42.6 Å². The normalized spacial score (nSPS) is 11.5. The third-order valence-corrected chi connectivity index (χ3v) is 2.50. The van der Waals surface area contributed by atoms with Crippen LogP contribution in [0.5, 0.6) is 0 Å². The molecule has 7 heteroatoms. The topological polar surface area (TPSA) is 108 Å². The molecule has 0 aliphatic rings. The number of carboxylic acids is 1. The first-order valence-corrected chi connectivity index (χ1v) is 6.48. The van der Waals surface area contributed by atoms with Crippen molar-refractivity contribution in [2.24, 2.45) is 5.92 Å². The van der Waals surface area contributed by atoms with Crippen LogP contribution in [0.2, 0.25) is 0 Å². The Morgan fingerprint density at radius 1 is 1.05 bits per heavy atom. The number of rotatable bonds is 9. The van der Waals surface area contributed by atoms with Gasteiger partial charge in [-0.2, -0.15) is 0 Å². The first kappa shape index (κ1) is 17.2. The van der Waals surface area contributed by atoms with Crippen molar-refractivity contribution in [3.63, 3.8) is 0 Å². The predicted octanol–water partition coefficient (Wildman–Crippen LogP) is 0.313. The average molecular weight is 273 g/mol. The van der Waals surface area contributed by atoms with Crippen LogP contribution in [0.3, 0.4) is 0 Å². The van der Waals surface area contributed by atoms with E-state index in [0.717, 1.165) is 12.8 Å². The van der Waals surface area contributed by atoms with Crippen LogP contribution >= 0.6 is 0 Å². The smallest absolute Gasteiger partial charge is 0.314 e. The lowest BCUT2D eigenvalue weighted by atomic mass is 10.1. The highest BCUT2D eigenvalue weighted by atomic mass is 16.4. The molecule has 0 radical (unpaired) electrons. The molecule has 0 bridgehead atoms. The molecule has 0 saturated carbocycles. The fraction of sp³-hybridized carbons (Fsp3) is 0.750. The van der Waals surface area contributed by atoms with Gasteiger partial charge in [0.1, 0.15) is 0 Å². The van der Waals surface area contributed by atoms with E-state index in [9.17, 15) is 14.4 Å². The first-order chi connectivity index (χ1) is 8.97. The van der Waals surface area contributed by atoms with Crippen molar-refractivity contribution >= 4 is 17.9 Å². The summed E-state index contributed by atoms with van der Waals surface area (Å²) in [5.41, 5.74) is 0. The number of carbonyl (C=O) groups is 3. The highest BCUT2D eigenvalue weighted by molar-refractivity contribution is 5.78. The molecule has 0 saturated heterocycles. The zero-order chi connectivity index (χ0) is 14.7. The van der Waals surface area contributed by atoms with Crippen molar-refractivity contribution in [1.82, 2.24) is 16.0 Å². The summed E-state index contributed by atoms with van der Waals surface area (Å²) in [6.45, 7) is 4.64. The Bertz CT molecular complexity index is 307. The highest BCUT2D eigenvalue weighted by Crippen LogP contribution is 2.03. The summed E-state index contributed by atoms with van der Waals surface area (Å²) in [4.78, 5) is 32.9. The maximum absolute atomic E-state index is 11.5. The standard InChI is InChI=1S/C12H23N3O4/c1-3-4-9(2)11(18)13-7-8-15-12(19)14-6-5-10(16)17/h9H,3-8H2,1-2H3,(H,13,18)(H,16,17)(H2,14,15,19). The summed E-state index contributed by atoms with van der Waals surface area (Å²) < 4.78 is 0. The summed E-state index contributed by atoms with van der Waals surface area (Å²) in [5, 5.41) is 16.0. The summed E-state index contributed by atoms with van der Waals surface area (Å²) in [7, 11) is 0. The lowest BCUT2D eigenvalue weighted by molar-refractivity contribution is -0.136. The van der Waals surface area contributed by atoms with Gasteiger partial charge in [-0.05, 0) is 6.42 Å². The Hall–Kier alpha value is -1.79. The molecule has 110 valence electrons. The lowest BCUT2D eigenvalue weighted by Crippen LogP contribution is -2.41. The van der Waals surface area contributed by atoms with Gasteiger partial charge in [0.2, 0.25) is 5.91 Å². The van der Waals surface area contributed by atoms with Crippen molar-refractivity contribution in [2.75, 3.05) is 19.6 Å². The van der Waals surface area contributed by atoms with Crippen molar-refractivity contribution in [3.05, 3.63) is 0 Å². The van der Waals surface area contributed by atoms with Crippen LogP contribution in [-0.2, 0) is 9.59 Å². The van der Waals surface area contributed by atoms with Crippen LogP contribution in [0.15, 0.2) is 0 Å². The van der Waals surface area contributed by atoms with Crippen molar-refractivity contribution in [3.8, 4) is 0 Å². The largest absolute Gasteiger partial charge is 0.481 e. The van der Waals surface area contributed by atoms with Gasteiger partial charge >= 0.3 is 12.0 Å². The van der Waals surface area contributed by atoms with Gasteiger partial charge in [0.15, 0.2) is 0 Å². The number of hydrogen-bond acceptors (Lipinski definition) is 3. The van der Waals surface area contributed by atoms with Gasteiger partial charge in [0, 0.05) is 25.6 Å². The molecule has 0 spiro atoms. The lowest BCUT2D eigenvalue weighted by Gasteiger charge is -2.11. The van der Waals surface area contributed by atoms with Gasteiger partial charge < -0.3 is 21.1 Å². The molecule has 0 aliphatic heterocycles. The minimum absolute atomic E-state index is 0.0186. The van der Waals surface area contributed by atoms with Gasteiger partial charge in [-0.3, -0.25) is 9.59 Å². The zero-order valence-electron chi connectivity index (χ0n) is 11.5. The van der Waals surface area contributed by atoms with Gasteiger partial charge in [0.25, 0.3) is 0 Å². The van der Waals surface area contributed by atoms with E-state index in [2.05, 4.69) is 16.0 Å². The Balaban J connectivity index is 3.55. The SMILES string of the molecule is CCCC(C)C(=O)NCCNC(=O)NCCC(=O)O. The monoisotopic (exact) mass is 273 g/mol. The van der Waals surface area contributed by atoms with Gasteiger partial charge in [-0.15, -0.1) is 0 Å². The molecule has 0 aromatic heterocycles. The van der Waals surface area contributed by atoms with E-state index in [1.807, 2.05) is 13.8 Å². The van der Waals surface area contributed by atoms with Crippen LogP contribution in [0.25, 0.3) is 0 Å². The Morgan fingerprint density at radius 2 is 1.63 bits per heavy atom. The molecule has 0 fully saturated rings. The molecular weight excluding hydrogens is 250 g/mol. The Kier molecular flexibility index (Phi) is 9.20. The van der Waals surface area contributed by atoms with E-state index in [1.165, 1.54) is 0 Å². The number of aliphatic carboxylic acids is 1. The third kappa shape index (κ3) is 9.87. The molecule has 0 heterocycles. The van der Waals surface area contributed by atoms with Crippen LogP contribution in [0.4, 0.5) is 4.79 Å². The minimum Gasteiger partial charge on any atom is -0.481 e. The Morgan fingerprint density at radius 3 is 2.21 bits per heavy atom. The summed E-state index contributed by atoms with van der Waals surface area (Å²) in [6, 6.07) is -0.433. The molecule has 0 aliphatic carbocycles. The van der Waals surface area contributed by atoms with E-state index in [4.69, 9.17) is 5.11 Å². The third-order valence-electron chi connectivity index (χ3n) is 2.50. The quantitative estimate of drug-likeness (QED) is 0.453. The average Bonchev–Trinajstić information content (AvgIpc) is 2.34. The molecule has 7 nitrogen and oxygen atoms in total. The second-order valence-corrected chi connectivity index (χ2v) is 4.31. The summed E-state index contributed by atoms with van der Waals surface area (Å²) >= 11 is 0. The maximum Gasteiger partial charge on any atom is 0.314 e. The molecule has 1 atom stereocenters. The van der Waals surface area contributed by atoms with Crippen molar-refractivity contribution < 1.29 is 19.5 Å². The number of carboxylic acid groups (broad SMARTS) is 1. The molecule has 4 N–H and O–H groups in total. The maximum atomic E-state index is 11.5. The molecule has 0 aromatic rings. The second-order valence-electron chi connectivity index (χ2n) is 4.31. The van der Waals surface area contributed by atoms with Gasteiger partial charge in [0.05, 0.1) is 6.42 Å². The van der Waals surface area contributed by atoms with Crippen molar-refractivity contribution in [2.45, 2.75) is 33.1 Å². The molecule has 0 rings (SSSR count). The Labute approximate surface area is 113 Å². The van der Waals surface area contributed by atoms with Crippen LogP contribution < -0.4 is 16.0 Å². The van der Waals surface area contributed by atoms with E-state index in [1.54, 1.807) is 0 Å². The molecule has 3 amide bonds. The number of hydrogen-bond donors (Lipinski definition) is 4. The van der Waals surface area contributed by atoms with Crippen LogP contribution in [0, 0.1) is 5.92 Å². The second kappa shape index (κ2) is 10.2. The summed E-state index contributed by atoms with van der Waals surface area (Å²) in [5.74, 6) is -0.998. The molecule has 1 unspecified atom stereocenters. The van der Waals surface area contributed by atoms with Gasteiger partial charge in [-0.25, -0.2) is 4.79 Å². The van der Waals surface area contributed by atoms with E-state index in [0.29, 0.717) is 13.1 Å². The molecule has 19 heavy (non-hydrogen) atoms.